The minimum Gasteiger partial charge on any atom is -0.392 e. The molecule has 8 nitrogen and oxygen atoms in total. The number of rotatable bonds is 12. The molecule has 0 fully saturated rings. The number of nitrogens with two attached hydrogens (primary N) is 1. The molecule has 13 heteroatoms. The highest BCUT2D eigenvalue weighted by atomic mass is 35.5. The van der Waals surface area contributed by atoms with Crippen molar-refractivity contribution in [2.45, 2.75) is 90.0 Å². The molecule has 0 saturated carbocycles. The molecule has 6 N–H and O–H groups in total. The smallest absolute Gasteiger partial charge is 0.392 e. The maximum Gasteiger partial charge on any atom is 0.418 e. The molecule has 0 saturated heterocycles. The van der Waals surface area contributed by atoms with Crippen LogP contribution in [0.2, 0.25) is 5.02 Å². The summed E-state index contributed by atoms with van der Waals surface area (Å²) < 4.78 is 41.8. The van der Waals surface area contributed by atoms with Crippen molar-refractivity contribution in [3.63, 3.8) is 0 Å². The number of amides is 3. The van der Waals surface area contributed by atoms with Crippen LogP contribution in [0.3, 0.4) is 0 Å². The average Bonchev–Trinajstić information content (AvgIpc) is 3.39. The molecule has 2 unspecified atom stereocenters. The molecule has 1 aliphatic carbocycles. The van der Waals surface area contributed by atoms with Gasteiger partial charge in [-0.2, -0.15) is 13.2 Å². The Morgan fingerprint density at radius 2 is 1.68 bits per heavy atom. The van der Waals surface area contributed by atoms with Crippen molar-refractivity contribution in [1.82, 2.24) is 20.9 Å². The fourth-order valence-corrected chi connectivity index (χ4v) is 6.62. The number of fused-ring (bicyclic) bond motifs is 3. The van der Waals surface area contributed by atoms with E-state index in [0.717, 1.165) is 6.07 Å². The van der Waals surface area contributed by atoms with E-state index in [9.17, 15) is 27.6 Å². The van der Waals surface area contributed by atoms with Crippen molar-refractivity contribution >= 4 is 57.4 Å². The number of aromatic amines is 1. The van der Waals surface area contributed by atoms with E-state index in [1.807, 2.05) is 27.7 Å². The zero-order valence-electron chi connectivity index (χ0n) is 26.8. The number of hydrogen-bond acceptors (Lipinski definition) is 4. The molecule has 1 aromatic heterocycles. The lowest BCUT2D eigenvalue weighted by molar-refractivity contribution is -0.137. The number of aromatic nitrogens is 1. The van der Waals surface area contributed by atoms with Crippen LogP contribution in [0, 0.1) is 11.8 Å². The molecule has 0 spiro atoms. The summed E-state index contributed by atoms with van der Waals surface area (Å²) in [5, 5.41) is 9.47. The molecular weight excluding hydrogens is 651 g/mol. The van der Waals surface area contributed by atoms with Crippen LogP contribution >= 0.6 is 23.8 Å². The summed E-state index contributed by atoms with van der Waals surface area (Å²) in [7, 11) is 0. The normalized spacial score (nSPS) is 18.8. The number of aryl methyl sites for hydroxylation is 1. The summed E-state index contributed by atoms with van der Waals surface area (Å²) in [6.07, 6.45) is -3.29. The van der Waals surface area contributed by atoms with E-state index in [2.05, 4.69) is 20.9 Å². The third-order valence-corrected chi connectivity index (χ3v) is 9.96. The van der Waals surface area contributed by atoms with Crippen LogP contribution in [0.15, 0.2) is 42.5 Å². The van der Waals surface area contributed by atoms with Gasteiger partial charge in [0.05, 0.1) is 28.5 Å². The molecule has 254 valence electrons. The first-order valence-electron chi connectivity index (χ1n) is 15.8. The molecular formula is C34H41ClF3N5O3S. The monoisotopic (exact) mass is 691 g/mol. The van der Waals surface area contributed by atoms with Crippen LogP contribution in [0.5, 0.6) is 0 Å². The first-order chi connectivity index (χ1) is 22.1. The van der Waals surface area contributed by atoms with Crippen LogP contribution in [-0.2, 0) is 39.8 Å². The molecule has 0 bridgehead atoms. The van der Waals surface area contributed by atoms with Crippen molar-refractivity contribution in [2.75, 3.05) is 0 Å². The summed E-state index contributed by atoms with van der Waals surface area (Å²) in [6.45, 7) is 7.51. The highest BCUT2D eigenvalue weighted by Crippen LogP contribution is 2.40. The average molecular weight is 692 g/mol. The Hall–Kier alpha value is -3.64. The quantitative estimate of drug-likeness (QED) is 0.154. The molecule has 5 atom stereocenters. The highest BCUT2D eigenvalue weighted by Gasteiger charge is 2.47. The second kappa shape index (κ2) is 14.6. The first-order valence-corrected chi connectivity index (χ1v) is 16.5. The van der Waals surface area contributed by atoms with Gasteiger partial charge >= 0.3 is 6.18 Å². The van der Waals surface area contributed by atoms with Crippen LogP contribution in [0.4, 0.5) is 13.2 Å². The number of benzene rings is 2. The lowest BCUT2D eigenvalue weighted by atomic mass is 9.78. The fourth-order valence-electron chi connectivity index (χ4n) is 6.13. The molecule has 2 aromatic carbocycles. The molecule has 3 amide bonds. The minimum absolute atomic E-state index is 0.0592. The predicted molar refractivity (Wildman–Crippen MR) is 181 cm³/mol. The van der Waals surface area contributed by atoms with Crippen LogP contribution in [0.25, 0.3) is 10.9 Å². The highest BCUT2D eigenvalue weighted by molar-refractivity contribution is 7.80. The Labute approximate surface area is 282 Å². The van der Waals surface area contributed by atoms with Gasteiger partial charge in [-0.1, -0.05) is 94.7 Å². The number of alkyl halides is 3. The Kier molecular flexibility index (Phi) is 11.3. The molecule has 0 aliphatic heterocycles. The van der Waals surface area contributed by atoms with Gasteiger partial charge in [0, 0.05) is 22.5 Å². The lowest BCUT2D eigenvalue weighted by Crippen LogP contribution is -2.67. The Morgan fingerprint density at radius 3 is 2.30 bits per heavy atom. The number of nitrogens with one attached hydrogen (secondary N) is 4. The van der Waals surface area contributed by atoms with Crippen LogP contribution in [0.1, 0.15) is 69.3 Å². The predicted octanol–water partition coefficient (Wildman–Crippen LogP) is 5.77. The number of H-pyrrole nitrogens is 1. The zero-order chi connectivity index (χ0) is 34.7. The van der Waals surface area contributed by atoms with Crippen molar-refractivity contribution in [3.8, 4) is 0 Å². The van der Waals surface area contributed by atoms with Gasteiger partial charge in [-0.15, -0.1) is 0 Å². The molecule has 4 rings (SSSR count). The molecule has 3 aromatic rings. The van der Waals surface area contributed by atoms with Gasteiger partial charge in [0.2, 0.25) is 17.7 Å². The third kappa shape index (κ3) is 7.92. The van der Waals surface area contributed by atoms with Gasteiger partial charge in [0.15, 0.2) is 0 Å². The maximum atomic E-state index is 14.3. The third-order valence-electron chi connectivity index (χ3n) is 9.34. The largest absolute Gasteiger partial charge is 0.418 e. The fraction of sp³-hybridized carbons (Fsp3) is 0.471. The van der Waals surface area contributed by atoms with E-state index in [0.29, 0.717) is 40.1 Å². The number of hydrogen-bond donors (Lipinski definition) is 5. The topological polar surface area (TPSA) is 129 Å². The zero-order valence-corrected chi connectivity index (χ0v) is 28.4. The van der Waals surface area contributed by atoms with Gasteiger partial charge in [-0.05, 0) is 47.9 Å². The summed E-state index contributed by atoms with van der Waals surface area (Å²) >= 11 is 11.5. The Balaban J connectivity index is 1.72. The standard InChI is InChI=1S/C34H41ClF3N5O3S/c1-5-18(3)27(30(39)47)42-32(46)33(15-14-25-22(17-33)21-11-9-12-23(29(21)40-25)34(36,37)38)43-31(45)28(19(4)6-2)41-26(44)16-20-10-7-8-13-24(20)35/h7-13,18-19,27-28,40H,5-6,14-17H2,1-4H3,(H2,39,47)(H,41,44)(H,42,46)(H,43,45)/t18-,19?,27?,28-,33+/m0/s1. The molecule has 1 heterocycles. The van der Waals surface area contributed by atoms with Gasteiger partial charge in [0.25, 0.3) is 0 Å². The van der Waals surface area contributed by atoms with Gasteiger partial charge in [0.1, 0.15) is 11.6 Å². The Bertz CT molecular complexity index is 1660. The van der Waals surface area contributed by atoms with E-state index >= 15 is 0 Å². The second-order valence-electron chi connectivity index (χ2n) is 12.5. The number of thiocarbonyl (C=S) groups is 1. The van der Waals surface area contributed by atoms with Crippen molar-refractivity contribution in [3.05, 3.63) is 69.9 Å². The van der Waals surface area contributed by atoms with E-state index in [-0.39, 0.29) is 48.0 Å². The SMILES string of the molecule is CCC(C)[C@H](NC(=O)Cc1ccccc1Cl)C(=O)N[C@]1(C(=O)NC(C(N)=S)[C@@H](C)CC)CCc2[nH]c3c(C(F)(F)F)cccc3c2C1. The van der Waals surface area contributed by atoms with E-state index < -0.39 is 47.1 Å². The first kappa shape index (κ1) is 36.2. The van der Waals surface area contributed by atoms with E-state index in [1.54, 1.807) is 30.3 Å². The minimum atomic E-state index is -4.60. The van der Waals surface area contributed by atoms with Crippen molar-refractivity contribution < 1.29 is 27.6 Å². The van der Waals surface area contributed by atoms with Crippen molar-refractivity contribution in [2.24, 2.45) is 17.6 Å². The summed E-state index contributed by atoms with van der Waals surface area (Å²) in [5.41, 5.74) is 5.22. The number of halogens is 4. The summed E-state index contributed by atoms with van der Waals surface area (Å²) in [4.78, 5) is 44.6. The van der Waals surface area contributed by atoms with Crippen LogP contribution in [-0.4, -0.2) is 45.3 Å². The van der Waals surface area contributed by atoms with Gasteiger partial charge in [-0.3, -0.25) is 14.4 Å². The van der Waals surface area contributed by atoms with Gasteiger partial charge in [-0.25, -0.2) is 0 Å². The summed E-state index contributed by atoms with van der Waals surface area (Å²) in [6, 6.07) is 9.12. The summed E-state index contributed by atoms with van der Waals surface area (Å²) in [5.74, 6) is -2.01. The Morgan fingerprint density at radius 1 is 1.02 bits per heavy atom. The van der Waals surface area contributed by atoms with E-state index in [1.165, 1.54) is 6.07 Å². The van der Waals surface area contributed by atoms with E-state index in [4.69, 9.17) is 29.6 Å². The molecule has 0 radical (unpaired) electrons. The van der Waals surface area contributed by atoms with Gasteiger partial charge < -0.3 is 26.7 Å². The second-order valence-corrected chi connectivity index (χ2v) is 13.4. The van der Waals surface area contributed by atoms with Crippen LogP contribution < -0.4 is 21.7 Å². The molecule has 1 aliphatic rings. The maximum absolute atomic E-state index is 14.3. The number of carbonyl (C=O) groups is 3. The lowest BCUT2D eigenvalue weighted by Gasteiger charge is -2.40. The molecule has 47 heavy (non-hydrogen) atoms. The number of para-hydroxylation sites is 1. The van der Waals surface area contributed by atoms with Crippen molar-refractivity contribution in [1.29, 1.82) is 0 Å². The number of carbonyl (C=O) groups excluding carboxylic acids is 3.